The minimum Gasteiger partial charge on any atom is -0.330 e. The average Bonchev–Trinajstić information content (AvgIpc) is 1.79. The molecule has 1 aliphatic carbocycles. The van der Waals surface area contributed by atoms with Crippen molar-refractivity contribution in [1.82, 2.24) is 0 Å². The van der Waals surface area contributed by atoms with Crippen molar-refractivity contribution in [3.63, 3.8) is 0 Å². The van der Waals surface area contributed by atoms with Crippen LogP contribution < -0.4 is 11.5 Å². The number of rotatable bonds is 4. The molecule has 0 aliphatic heterocycles. The lowest BCUT2D eigenvalue weighted by molar-refractivity contribution is 0.251. The summed E-state index contributed by atoms with van der Waals surface area (Å²) in [6.45, 7) is 0.792. The first-order valence-electron chi connectivity index (χ1n) is 4.30. The Kier molecular flexibility index (Phi) is 3.16. The van der Waals surface area contributed by atoms with E-state index in [1.165, 1.54) is 19.3 Å². The fourth-order valence-electron chi connectivity index (χ4n) is 1.46. The van der Waals surface area contributed by atoms with Crippen LogP contribution in [0, 0.1) is 5.92 Å². The van der Waals surface area contributed by atoms with E-state index in [0.717, 1.165) is 25.3 Å². The quantitative estimate of drug-likeness (QED) is 0.611. The number of hydrogen-bond acceptors (Lipinski definition) is 2. The first kappa shape index (κ1) is 8.02. The lowest BCUT2D eigenvalue weighted by Gasteiger charge is -2.31. The summed E-state index contributed by atoms with van der Waals surface area (Å²) in [6.07, 6.45) is 6.32. The van der Waals surface area contributed by atoms with Gasteiger partial charge < -0.3 is 11.5 Å². The van der Waals surface area contributed by atoms with E-state index < -0.39 is 0 Å². The van der Waals surface area contributed by atoms with Gasteiger partial charge in [-0.3, -0.25) is 0 Å². The zero-order chi connectivity index (χ0) is 7.40. The third-order valence-corrected chi connectivity index (χ3v) is 2.50. The van der Waals surface area contributed by atoms with E-state index in [9.17, 15) is 0 Å². The number of hydrogen-bond donors (Lipinski definition) is 2. The fourth-order valence-corrected chi connectivity index (χ4v) is 1.46. The molecule has 2 nitrogen and oxygen atoms in total. The van der Waals surface area contributed by atoms with Crippen LogP contribution in [0.15, 0.2) is 0 Å². The predicted molar refractivity (Wildman–Crippen MR) is 43.6 cm³/mol. The molecule has 60 valence electrons. The molecule has 1 rings (SSSR count). The first-order chi connectivity index (χ1) is 4.84. The normalized spacial score (nSPS) is 22.2. The Balaban J connectivity index is 2.02. The Labute approximate surface area is 63.0 Å². The van der Waals surface area contributed by atoms with Crippen LogP contribution in [-0.4, -0.2) is 12.6 Å². The van der Waals surface area contributed by atoms with Crippen LogP contribution in [0.5, 0.6) is 0 Å². The van der Waals surface area contributed by atoms with Crippen molar-refractivity contribution in [1.29, 1.82) is 0 Å². The summed E-state index contributed by atoms with van der Waals surface area (Å²) in [5.74, 6) is 0.826. The SMILES string of the molecule is NCCCC(N)C1CCC1. The van der Waals surface area contributed by atoms with Gasteiger partial charge in [0.25, 0.3) is 0 Å². The summed E-state index contributed by atoms with van der Waals surface area (Å²) in [4.78, 5) is 0. The highest BCUT2D eigenvalue weighted by Crippen LogP contribution is 2.29. The van der Waals surface area contributed by atoms with E-state index in [1.807, 2.05) is 0 Å². The van der Waals surface area contributed by atoms with Crippen molar-refractivity contribution in [3.05, 3.63) is 0 Å². The van der Waals surface area contributed by atoms with Crippen LogP contribution in [0.25, 0.3) is 0 Å². The first-order valence-corrected chi connectivity index (χ1v) is 4.30. The smallest absolute Gasteiger partial charge is 0.00676 e. The second-order valence-corrected chi connectivity index (χ2v) is 3.29. The summed E-state index contributed by atoms with van der Waals surface area (Å²) < 4.78 is 0. The highest BCUT2D eigenvalue weighted by molar-refractivity contribution is 4.79. The van der Waals surface area contributed by atoms with Gasteiger partial charge >= 0.3 is 0 Å². The van der Waals surface area contributed by atoms with Crippen molar-refractivity contribution in [2.45, 2.75) is 38.1 Å². The maximum absolute atomic E-state index is 5.91. The second-order valence-electron chi connectivity index (χ2n) is 3.29. The summed E-state index contributed by atoms with van der Waals surface area (Å²) in [6, 6.07) is 0.442. The number of nitrogens with two attached hydrogens (primary N) is 2. The summed E-state index contributed by atoms with van der Waals surface area (Å²) in [7, 11) is 0. The van der Waals surface area contributed by atoms with Crippen LogP contribution >= 0.6 is 0 Å². The molecule has 0 bridgehead atoms. The van der Waals surface area contributed by atoms with Gasteiger partial charge in [0.15, 0.2) is 0 Å². The zero-order valence-electron chi connectivity index (χ0n) is 6.55. The summed E-state index contributed by atoms with van der Waals surface area (Å²) in [5, 5.41) is 0. The Morgan fingerprint density at radius 2 is 2.10 bits per heavy atom. The molecule has 0 spiro atoms. The van der Waals surface area contributed by atoms with Gasteiger partial charge in [-0.1, -0.05) is 6.42 Å². The Morgan fingerprint density at radius 1 is 1.40 bits per heavy atom. The van der Waals surface area contributed by atoms with Gasteiger partial charge in [-0.05, 0) is 38.1 Å². The molecule has 0 amide bonds. The zero-order valence-corrected chi connectivity index (χ0v) is 6.55. The molecule has 1 fully saturated rings. The summed E-state index contributed by atoms with van der Waals surface area (Å²) in [5.41, 5.74) is 11.3. The van der Waals surface area contributed by atoms with Crippen molar-refractivity contribution < 1.29 is 0 Å². The van der Waals surface area contributed by atoms with E-state index in [2.05, 4.69) is 0 Å². The molecule has 1 unspecified atom stereocenters. The predicted octanol–water partition coefficient (Wildman–Crippen LogP) is 0.853. The van der Waals surface area contributed by atoms with Gasteiger partial charge in [-0.15, -0.1) is 0 Å². The van der Waals surface area contributed by atoms with Crippen molar-refractivity contribution in [3.8, 4) is 0 Å². The van der Waals surface area contributed by atoms with E-state index in [1.54, 1.807) is 0 Å². The molecule has 0 aromatic rings. The van der Waals surface area contributed by atoms with Crippen LogP contribution in [0.3, 0.4) is 0 Å². The Morgan fingerprint density at radius 3 is 2.50 bits per heavy atom. The molecule has 0 aromatic carbocycles. The summed E-state index contributed by atoms with van der Waals surface area (Å²) >= 11 is 0. The lowest BCUT2D eigenvalue weighted by Crippen LogP contribution is -2.34. The average molecular weight is 142 g/mol. The molecule has 0 heterocycles. The highest BCUT2D eigenvalue weighted by Gasteiger charge is 2.23. The topological polar surface area (TPSA) is 52.0 Å². The van der Waals surface area contributed by atoms with Gasteiger partial charge in [0.05, 0.1) is 0 Å². The maximum atomic E-state index is 5.91. The van der Waals surface area contributed by atoms with Gasteiger partial charge in [0.2, 0.25) is 0 Å². The molecular formula is C8H18N2. The largest absolute Gasteiger partial charge is 0.330 e. The fraction of sp³-hybridized carbons (Fsp3) is 1.00. The standard InChI is InChI=1S/C8H18N2/c9-6-2-5-8(10)7-3-1-4-7/h7-8H,1-6,9-10H2. The van der Waals surface area contributed by atoms with Gasteiger partial charge in [0.1, 0.15) is 0 Å². The van der Waals surface area contributed by atoms with Crippen LogP contribution in [0.2, 0.25) is 0 Å². The Bertz CT molecular complexity index is 89.3. The monoisotopic (exact) mass is 142 g/mol. The minimum absolute atomic E-state index is 0.442. The van der Waals surface area contributed by atoms with E-state index in [-0.39, 0.29) is 0 Å². The maximum Gasteiger partial charge on any atom is 0.00676 e. The highest BCUT2D eigenvalue weighted by atomic mass is 14.7. The van der Waals surface area contributed by atoms with Crippen LogP contribution in [-0.2, 0) is 0 Å². The van der Waals surface area contributed by atoms with Crippen LogP contribution in [0.1, 0.15) is 32.1 Å². The minimum atomic E-state index is 0.442. The molecule has 1 aliphatic rings. The van der Waals surface area contributed by atoms with E-state index >= 15 is 0 Å². The van der Waals surface area contributed by atoms with Gasteiger partial charge in [-0.2, -0.15) is 0 Å². The molecule has 0 aromatic heterocycles. The van der Waals surface area contributed by atoms with Crippen LogP contribution in [0.4, 0.5) is 0 Å². The van der Waals surface area contributed by atoms with Gasteiger partial charge in [0, 0.05) is 6.04 Å². The third-order valence-electron chi connectivity index (χ3n) is 2.50. The van der Waals surface area contributed by atoms with Gasteiger partial charge in [-0.25, -0.2) is 0 Å². The Hall–Kier alpha value is -0.0800. The molecule has 1 saturated carbocycles. The van der Waals surface area contributed by atoms with Crippen molar-refractivity contribution in [2.24, 2.45) is 17.4 Å². The molecule has 4 N–H and O–H groups in total. The molecule has 2 heteroatoms. The molecular weight excluding hydrogens is 124 g/mol. The second kappa shape index (κ2) is 3.94. The third kappa shape index (κ3) is 1.96. The lowest BCUT2D eigenvalue weighted by atomic mass is 9.78. The van der Waals surface area contributed by atoms with Crippen molar-refractivity contribution in [2.75, 3.05) is 6.54 Å². The van der Waals surface area contributed by atoms with E-state index in [4.69, 9.17) is 11.5 Å². The molecule has 0 radical (unpaired) electrons. The molecule has 1 atom stereocenters. The van der Waals surface area contributed by atoms with Crippen molar-refractivity contribution >= 4 is 0 Å². The van der Waals surface area contributed by atoms with E-state index in [0.29, 0.717) is 6.04 Å². The molecule has 10 heavy (non-hydrogen) atoms. The molecule has 0 saturated heterocycles.